The van der Waals surface area contributed by atoms with Crippen molar-refractivity contribution in [2.45, 2.75) is 19.8 Å². The number of carboxylic acids is 1. The highest BCUT2D eigenvalue weighted by atomic mass is 16.4. The van der Waals surface area contributed by atoms with E-state index >= 15 is 0 Å². The molecule has 1 atom stereocenters. The highest BCUT2D eigenvalue weighted by Gasteiger charge is 2.14. The number of carbonyl (C=O) groups excluding carboxylic acids is 1. The van der Waals surface area contributed by atoms with Crippen LogP contribution >= 0.6 is 0 Å². The number of nitrogens with one attached hydrogen (secondary N) is 1. The molecule has 1 aromatic heterocycles. The van der Waals surface area contributed by atoms with Crippen molar-refractivity contribution in [2.75, 3.05) is 6.54 Å². The maximum Gasteiger partial charge on any atom is 0.303 e. The number of carbonyl (C=O) groups is 2. The largest absolute Gasteiger partial charge is 0.481 e. The molecule has 1 aromatic rings. The Bertz CT molecular complexity index is 398. The third-order valence-corrected chi connectivity index (χ3v) is 2.77. The van der Waals surface area contributed by atoms with Crippen LogP contribution in [0.25, 0.3) is 0 Å². The first-order valence-electron chi connectivity index (χ1n) is 5.66. The van der Waals surface area contributed by atoms with Gasteiger partial charge in [-0.15, -0.1) is 0 Å². The Kier molecular flexibility index (Phi) is 4.75. The van der Waals surface area contributed by atoms with Crippen molar-refractivity contribution in [3.63, 3.8) is 0 Å². The van der Waals surface area contributed by atoms with Crippen LogP contribution in [-0.2, 0) is 11.8 Å². The third kappa shape index (κ3) is 3.94. The summed E-state index contributed by atoms with van der Waals surface area (Å²) in [5, 5.41) is 11.5. The predicted octanol–water partition coefficient (Wildman–Crippen LogP) is 1.26. The molecule has 0 bridgehead atoms. The first kappa shape index (κ1) is 13.3. The standard InChI is InChI=1S/C12H18N2O3/c1-3-9(7-11(15)16)8-13-12(17)10-5-4-6-14(10)2/h4-6,9H,3,7-8H2,1-2H3,(H,13,17)(H,15,16). The monoisotopic (exact) mass is 238 g/mol. The van der Waals surface area contributed by atoms with Crippen LogP contribution in [0.5, 0.6) is 0 Å². The van der Waals surface area contributed by atoms with Gasteiger partial charge in [0.25, 0.3) is 5.91 Å². The van der Waals surface area contributed by atoms with Crippen LogP contribution in [0.4, 0.5) is 0 Å². The molecule has 0 aliphatic rings. The second-order valence-electron chi connectivity index (χ2n) is 4.09. The lowest BCUT2D eigenvalue weighted by Gasteiger charge is -2.13. The number of hydrogen-bond acceptors (Lipinski definition) is 2. The Balaban J connectivity index is 2.47. The molecule has 2 N–H and O–H groups in total. The zero-order valence-electron chi connectivity index (χ0n) is 10.1. The van der Waals surface area contributed by atoms with E-state index in [0.717, 1.165) is 6.42 Å². The Morgan fingerprint density at radius 1 is 1.53 bits per heavy atom. The van der Waals surface area contributed by atoms with Crippen LogP contribution in [0, 0.1) is 5.92 Å². The van der Waals surface area contributed by atoms with Gasteiger partial charge in [-0.25, -0.2) is 0 Å². The average molecular weight is 238 g/mol. The van der Waals surface area contributed by atoms with Gasteiger partial charge >= 0.3 is 5.97 Å². The third-order valence-electron chi connectivity index (χ3n) is 2.77. The van der Waals surface area contributed by atoms with E-state index in [2.05, 4.69) is 5.32 Å². The summed E-state index contributed by atoms with van der Waals surface area (Å²) in [5.41, 5.74) is 0.579. The molecule has 0 aliphatic heterocycles. The summed E-state index contributed by atoms with van der Waals surface area (Å²) >= 11 is 0. The van der Waals surface area contributed by atoms with Gasteiger partial charge in [-0.1, -0.05) is 13.3 Å². The first-order valence-corrected chi connectivity index (χ1v) is 5.66. The molecule has 0 aliphatic carbocycles. The first-order chi connectivity index (χ1) is 8.04. The molecule has 0 spiro atoms. The number of aliphatic carboxylic acids is 1. The van der Waals surface area contributed by atoms with Crippen LogP contribution < -0.4 is 5.32 Å². The quantitative estimate of drug-likeness (QED) is 0.783. The van der Waals surface area contributed by atoms with E-state index in [1.54, 1.807) is 29.9 Å². The topological polar surface area (TPSA) is 71.3 Å². The fourth-order valence-electron chi connectivity index (χ4n) is 1.63. The highest BCUT2D eigenvalue weighted by molar-refractivity contribution is 5.92. The highest BCUT2D eigenvalue weighted by Crippen LogP contribution is 2.07. The minimum atomic E-state index is -0.829. The van der Waals surface area contributed by atoms with E-state index in [1.807, 2.05) is 6.92 Å². The van der Waals surface area contributed by atoms with E-state index in [1.165, 1.54) is 0 Å². The molecule has 1 heterocycles. The molecule has 0 saturated carbocycles. The molecule has 0 radical (unpaired) electrons. The Hall–Kier alpha value is -1.78. The van der Waals surface area contributed by atoms with E-state index in [0.29, 0.717) is 12.2 Å². The fourth-order valence-corrected chi connectivity index (χ4v) is 1.63. The van der Waals surface area contributed by atoms with Gasteiger partial charge in [0.05, 0.1) is 0 Å². The molecular weight excluding hydrogens is 220 g/mol. The lowest BCUT2D eigenvalue weighted by atomic mass is 10.0. The van der Waals surface area contributed by atoms with Crippen LogP contribution in [0.2, 0.25) is 0 Å². The summed E-state index contributed by atoms with van der Waals surface area (Å²) in [6, 6.07) is 3.52. The number of aromatic nitrogens is 1. The zero-order valence-corrected chi connectivity index (χ0v) is 10.1. The summed E-state index contributed by atoms with van der Waals surface area (Å²) in [5.74, 6) is -1.01. The normalized spacial score (nSPS) is 12.1. The van der Waals surface area contributed by atoms with E-state index in [4.69, 9.17) is 5.11 Å². The number of hydrogen-bond donors (Lipinski definition) is 2. The van der Waals surface area contributed by atoms with Crippen molar-refractivity contribution in [2.24, 2.45) is 13.0 Å². The minimum Gasteiger partial charge on any atom is -0.481 e. The summed E-state index contributed by atoms with van der Waals surface area (Å²) in [7, 11) is 1.80. The van der Waals surface area contributed by atoms with Crippen LogP contribution in [0.1, 0.15) is 30.3 Å². The van der Waals surface area contributed by atoms with Crippen molar-refractivity contribution >= 4 is 11.9 Å². The molecule has 0 saturated heterocycles. The average Bonchev–Trinajstić information content (AvgIpc) is 2.69. The Morgan fingerprint density at radius 3 is 2.71 bits per heavy atom. The molecule has 0 aromatic carbocycles. The van der Waals surface area contributed by atoms with Gasteiger partial charge in [0.2, 0.25) is 0 Å². The SMILES string of the molecule is CCC(CNC(=O)c1cccn1C)CC(=O)O. The van der Waals surface area contributed by atoms with Gasteiger partial charge in [-0.05, 0) is 18.1 Å². The summed E-state index contributed by atoms with van der Waals surface area (Å²) < 4.78 is 1.73. The van der Waals surface area contributed by atoms with Gasteiger partial charge in [-0.2, -0.15) is 0 Å². The molecule has 5 heteroatoms. The summed E-state index contributed by atoms with van der Waals surface area (Å²) in [6.07, 6.45) is 2.62. The van der Waals surface area contributed by atoms with Gasteiger partial charge < -0.3 is 15.0 Å². The van der Waals surface area contributed by atoms with Gasteiger partial charge in [0, 0.05) is 26.2 Å². The zero-order chi connectivity index (χ0) is 12.8. The number of nitrogens with zero attached hydrogens (tertiary/aromatic N) is 1. The molecule has 94 valence electrons. The van der Waals surface area contributed by atoms with Crippen molar-refractivity contribution in [1.82, 2.24) is 9.88 Å². The van der Waals surface area contributed by atoms with Crippen molar-refractivity contribution in [1.29, 1.82) is 0 Å². The molecular formula is C12H18N2O3. The lowest BCUT2D eigenvalue weighted by molar-refractivity contribution is -0.138. The number of carboxylic acid groups (broad SMARTS) is 1. The maximum absolute atomic E-state index is 11.8. The smallest absolute Gasteiger partial charge is 0.303 e. The molecule has 1 rings (SSSR count). The van der Waals surface area contributed by atoms with Crippen LogP contribution in [0.15, 0.2) is 18.3 Å². The molecule has 1 amide bonds. The second kappa shape index (κ2) is 6.08. The molecule has 5 nitrogen and oxygen atoms in total. The van der Waals surface area contributed by atoms with E-state index in [-0.39, 0.29) is 18.2 Å². The van der Waals surface area contributed by atoms with Crippen molar-refractivity contribution in [3.8, 4) is 0 Å². The molecule has 0 fully saturated rings. The number of rotatable bonds is 6. The number of amides is 1. The Morgan fingerprint density at radius 2 is 2.24 bits per heavy atom. The van der Waals surface area contributed by atoms with Gasteiger partial charge in [-0.3, -0.25) is 9.59 Å². The van der Waals surface area contributed by atoms with Gasteiger partial charge in [0.1, 0.15) is 5.69 Å². The van der Waals surface area contributed by atoms with Crippen molar-refractivity contribution < 1.29 is 14.7 Å². The van der Waals surface area contributed by atoms with Crippen LogP contribution in [-0.4, -0.2) is 28.1 Å². The van der Waals surface area contributed by atoms with Gasteiger partial charge in [0.15, 0.2) is 0 Å². The fraction of sp³-hybridized carbons (Fsp3) is 0.500. The van der Waals surface area contributed by atoms with Crippen molar-refractivity contribution in [3.05, 3.63) is 24.0 Å². The predicted molar refractivity (Wildman–Crippen MR) is 63.8 cm³/mol. The van der Waals surface area contributed by atoms with Crippen LogP contribution in [0.3, 0.4) is 0 Å². The number of aryl methyl sites for hydroxylation is 1. The molecule has 1 unspecified atom stereocenters. The summed E-state index contributed by atoms with van der Waals surface area (Å²) in [4.78, 5) is 22.3. The second-order valence-corrected chi connectivity index (χ2v) is 4.09. The minimum absolute atomic E-state index is 0.0169. The lowest BCUT2D eigenvalue weighted by Crippen LogP contribution is -2.31. The van der Waals surface area contributed by atoms with E-state index < -0.39 is 5.97 Å². The maximum atomic E-state index is 11.8. The molecule has 17 heavy (non-hydrogen) atoms. The Labute approximate surface area is 100 Å². The van der Waals surface area contributed by atoms with E-state index in [9.17, 15) is 9.59 Å². The summed E-state index contributed by atoms with van der Waals surface area (Å²) in [6.45, 7) is 2.31.